The lowest BCUT2D eigenvalue weighted by molar-refractivity contribution is -0.123. The van der Waals surface area contributed by atoms with E-state index in [2.05, 4.69) is 15.0 Å². The Labute approximate surface area is 214 Å². The molecule has 2 atom stereocenters. The monoisotopic (exact) mass is 503 g/mol. The summed E-state index contributed by atoms with van der Waals surface area (Å²) < 4.78 is 11.8. The van der Waals surface area contributed by atoms with Crippen LogP contribution in [0.2, 0.25) is 0 Å². The molecule has 4 aromatic rings. The Balaban J connectivity index is 1.78. The summed E-state index contributed by atoms with van der Waals surface area (Å²) in [6.45, 7) is 4.96. The van der Waals surface area contributed by atoms with E-state index in [-0.39, 0.29) is 6.54 Å². The van der Waals surface area contributed by atoms with Gasteiger partial charge in [0.25, 0.3) is 5.91 Å². The van der Waals surface area contributed by atoms with Gasteiger partial charge in [-0.25, -0.2) is 9.97 Å². The minimum absolute atomic E-state index is 0.0316. The van der Waals surface area contributed by atoms with Crippen LogP contribution >= 0.6 is 0 Å². The molecular formula is C27H29N5O5. The summed E-state index contributed by atoms with van der Waals surface area (Å²) in [5.41, 5.74) is 8.40. The molecule has 4 N–H and O–H groups in total. The number of aliphatic hydroxyl groups is 2. The van der Waals surface area contributed by atoms with E-state index in [0.29, 0.717) is 39.7 Å². The molecule has 0 spiro atoms. The smallest absolute Gasteiger partial charge is 0.258 e. The number of anilines is 2. The summed E-state index contributed by atoms with van der Waals surface area (Å²) in [5.74, 6) is 1.44. The quantitative estimate of drug-likeness (QED) is 0.297. The molecule has 2 aromatic heterocycles. The molecule has 0 bridgehead atoms. The number of pyridine rings is 1. The third-order valence-electron chi connectivity index (χ3n) is 5.75. The van der Waals surface area contributed by atoms with Crippen LogP contribution in [0.1, 0.15) is 18.2 Å². The number of nitrogens with two attached hydrogens (primary N) is 1. The Kier molecular flexibility index (Phi) is 7.80. The summed E-state index contributed by atoms with van der Waals surface area (Å²) in [5, 5.41) is 20.5. The highest BCUT2D eigenvalue weighted by Crippen LogP contribution is 2.37. The number of aryl methyl sites for hydroxylation is 2. The van der Waals surface area contributed by atoms with Gasteiger partial charge in [0.15, 0.2) is 6.10 Å². The van der Waals surface area contributed by atoms with Crippen molar-refractivity contribution in [2.24, 2.45) is 5.73 Å². The normalized spacial score (nSPS) is 12.7. The second-order valence-electron chi connectivity index (χ2n) is 8.64. The van der Waals surface area contributed by atoms with Crippen molar-refractivity contribution in [3.8, 4) is 17.2 Å². The fourth-order valence-corrected chi connectivity index (χ4v) is 3.75. The molecule has 192 valence electrons. The highest BCUT2D eigenvalue weighted by atomic mass is 16.5. The molecule has 10 nitrogen and oxygen atoms in total. The number of aliphatic hydroxyl groups excluding tert-OH is 2. The topological polar surface area (TPSA) is 144 Å². The van der Waals surface area contributed by atoms with Crippen molar-refractivity contribution in [2.45, 2.75) is 33.0 Å². The van der Waals surface area contributed by atoms with Gasteiger partial charge in [-0.15, -0.1) is 0 Å². The number of aromatic nitrogens is 3. The van der Waals surface area contributed by atoms with E-state index in [9.17, 15) is 15.0 Å². The van der Waals surface area contributed by atoms with Gasteiger partial charge < -0.3 is 30.3 Å². The first-order chi connectivity index (χ1) is 17.8. The van der Waals surface area contributed by atoms with Crippen LogP contribution in [0, 0.1) is 13.8 Å². The molecule has 0 aliphatic carbocycles. The number of hydrogen-bond donors (Lipinski definition) is 3. The van der Waals surface area contributed by atoms with Gasteiger partial charge in [0.1, 0.15) is 29.4 Å². The first-order valence-electron chi connectivity index (χ1n) is 11.7. The van der Waals surface area contributed by atoms with Crippen LogP contribution in [-0.2, 0) is 4.79 Å². The molecule has 37 heavy (non-hydrogen) atoms. The van der Waals surface area contributed by atoms with Crippen molar-refractivity contribution in [2.75, 3.05) is 18.1 Å². The molecule has 0 aliphatic rings. The standard InChI is InChI=1S/C27H29N5O5/c1-16-11-19(8-10-23(16)37-21-9-7-17(2)29-12-21)32(13-20(34)14-33)27-25-22(30-15-31-27)5-4-6-24(25)36-18(3)26(28)35/h4-12,15,18,20,33-34H,13-14H2,1-3H3,(H2,28,35)/t18-,20+/m1/s1. The SMILES string of the molecule is Cc1ccc(Oc2ccc(N(C[C@H](O)CO)c3ncnc4cccc(O[C@H](C)C(N)=O)c34)cc2C)cn1. The third-order valence-corrected chi connectivity index (χ3v) is 5.75. The average molecular weight is 504 g/mol. The molecular weight excluding hydrogens is 474 g/mol. The highest BCUT2D eigenvalue weighted by Gasteiger charge is 2.22. The molecule has 0 saturated heterocycles. The van der Waals surface area contributed by atoms with E-state index in [1.165, 1.54) is 6.33 Å². The average Bonchev–Trinajstić information content (AvgIpc) is 2.89. The van der Waals surface area contributed by atoms with E-state index in [4.69, 9.17) is 15.2 Å². The molecule has 1 amide bonds. The predicted octanol–water partition coefficient (Wildman–Crippen LogP) is 3.18. The summed E-state index contributed by atoms with van der Waals surface area (Å²) in [7, 11) is 0. The number of amides is 1. The number of ether oxygens (including phenoxy) is 2. The Morgan fingerprint density at radius 1 is 1.08 bits per heavy atom. The maximum absolute atomic E-state index is 11.7. The lowest BCUT2D eigenvalue weighted by Gasteiger charge is -2.28. The second-order valence-corrected chi connectivity index (χ2v) is 8.64. The number of carbonyl (C=O) groups is 1. The van der Waals surface area contributed by atoms with Crippen molar-refractivity contribution in [3.05, 3.63) is 72.3 Å². The van der Waals surface area contributed by atoms with Crippen molar-refractivity contribution in [1.29, 1.82) is 0 Å². The maximum atomic E-state index is 11.7. The molecule has 0 unspecified atom stereocenters. The molecule has 2 heterocycles. The summed E-state index contributed by atoms with van der Waals surface area (Å²) in [6.07, 6.45) is 1.13. The number of carbonyl (C=O) groups excluding carboxylic acids is 1. The van der Waals surface area contributed by atoms with Crippen LogP contribution in [0.25, 0.3) is 10.9 Å². The lowest BCUT2D eigenvalue weighted by atomic mass is 10.1. The van der Waals surface area contributed by atoms with Crippen molar-refractivity contribution < 1.29 is 24.5 Å². The van der Waals surface area contributed by atoms with Crippen LogP contribution in [-0.4, -0.2) is 56.4 Å². The molecule has 10 heteroatoms. The van der Waals surface area contributed by atoms with Crippen molar-refractivity contribution in [1.82, 2.24) is 15.0 Å². The number of hydrogen-bond acceptors (Lipinski definition) is 9. The van der Waals surface area contributed by atoms with Gasteiger partial charge in [0, 0.05) is 11.4 Å². The van der Waals surface area contributed by atoms with Crippen molar-refractivity contribution in [3.63, 3.8) is 0 Å². The van der Waals surface area contributed by atoms with Gasteiger partial charge in [-0.3, -0.25) is 9.78 Å². The lowest BCUT2D eigenvalue weighted by Crippen LogP contribution is -2.32. The predicted molar refractivity (Wildman–Crippen MR) is 139 cm³/mol. The summed E-state index contributed by atoms with van der Waals surface area (Å²) in [4.78, 5) is 26.5. The zero-order valence-corrected chi connectivity index (χ0v) is 20.8. The second kappa shape index (κ2) is 11.2. The van der Waals surface area contributed by atoms with Crippen molar-refractivity contribution >= 4 is 28.3 Å². The number of rotatable bonds is 10. The Morgan fingerprint density at radius 2 is 1.89 bits per heavy atom. The molecule has 0 fully saturated rings. The highest BCUT2D eigenvalue weighted by molar-refractivity contribution is 5.97. The molecule has 2 aromatic carbocycles. The maximum Gasteiger partial charge on any atom is 0.258 e. The number of nitrogens with zero attached hydrogens (tertiary/aromatic N) is 4. The zero-order valence-electron chi connectivity index (χ0n) is 20.8. The number of fused-ring (bicyclic) bond motifs is 1. The molecule has 0 radical (unpaired) electrons. The van der Waals surface area contributed by atoms with Crippen LogP contribution in [0.5, 0.6) is 17.2 Å². The van der Waals surface area contributed by atoms with E-state index >= 15 is 0 Å². The van der Waals surface area contributed by atoms with Crippen LogP contribution in [0.15, 0.2) is 61.1 Å². The number of primary amides is 1. The Bertz CT molecular complexity index is 1390. The summed E-state index contributed by atoms with van der Waals surface area (Å²) >= 11 is 0. The van der Waals surface area contributed by atoms with Gasteiger partial charge >= 0.3 is 0 Å². The fraction of sp³-hybridized carbons (Fsp3) is 0.259. The van der Waals surface area contributed by atoms with Gasteiger partial charge in [-0.05, 0) is 68.8 Å². The minimum Gasteiger partial charge on any atom is -0.480 e. The fourth-order valence-electron chi connectivity index (χ4n) is 3.75. The number of benzene rings is 2. The molecule has 0 saturated carbocycles. The van der Waals surface area contributed by atoms with Gasteiger partial charge in [0.2, 0.25) is 0 Å². The Hall–Kier alpha value is -4.28. The zero-order chi connectivity index (χ0) is 26.5. The van der Waals surface area contributed by atoms with E-state index in [1.807, 2.05) is 44.2 Å². The van der Waals surface area contributed by atoms with E-state index in [0.717, 1.165) is 11.3 Å². The van der Waals surface area contributed by atoms with Crippen LogP contribution in [0.3, 0.4) is 0 Å². The Morgan fingerprint density at radius 3 is 2.57 bits per heavy atom. The minimum atomic E-state index is -1.06. The van der Waals surface area contributed by atoms with Gasteiger partial charge in [0.05, 0.1) is 36.4 Å². The molecule has 0 aliphatic heterocycles. The van der Waals surface area contributed by atoms with Crippen LogP contribution < -0.4 is 20.1 Å². The third kappa shape index (κ3) is 5.93. The first-order valence-corrected chi connectivity index (χ1v) is 11.7. The first kappa shape index (κ1) is 25.8. The summed E-state index contributed by atoms with van der Waals surface area (Å²) in [6, 6.07) is 14.5. The molecule has 4 rings (SSSR count). The van der Waals surface area contributed by atoms with Gasteiger partial charge in [-0.1, -0.05) is 6.07 Å². The van der Waals surface area contributed by atoms with Crippen LogP contribution in [0.4, 0.5) is 11.5 Å². The largest absolute Gasteiger partial charge is 0.480 e. The van der Waals surface area contributed by atoms with Gasteiger partial charge in [-0.2, -0.15) is 0 Å². The van der Waals surface area contributed by atoms with E-state index in [1.54, 1.807) is 36.2 Å². The van der Waals surface area contributed by atoms with E-state index < -0.39 is 24.7 Å².